The summed E-state index contributed by atoms with van der Waals surface area (Å²) >= 11 is 4.73. The first-order valence-corrected chi connectivity index (χ1v) is 6.41. The summed E-state index contributed by atoms with van der Waals surface area (Å²) in [6.07, 6.45) is -4.51. The number of nitrogens with two attached hydrogens (primary N) is 1. The van der Waals surface area contributed by atoms with Crippen molar-refractivity contribution in [1.29, 1.82) is 0 Å². The molecule has 0 saturated heterocycles. The van der Waals surface area contributed by atoms with Crippen LogP contribution in [0.5, 0.6) is 0 Å². The Morgan fingerprint density at radius 1 is 1.24 bits per heavy atom. The van der Waals surface area contributed by atoms with Gasteiger partial charge in [0.25, 0.3) is 0 Å². The van der Waals surface area contributed by atoms with E-state index < -0.39 is 23.3 Å². The van der Waals surface area contributed by atoms with Crippen LogP contribution in [0, 0.1) is 0 Å². The summed E-state index contributed by atoms with van der Waals surface area (Å²) in [4.78, 5) is 11.5. The SMILES string of the molecule is CC(C)(C)NC(=O)Nc1ccc(C(F)(F)F)cc1C(N)=S. The molecule has 0 aromatic heterocycles. The van der Waals surface area contributed by atoms with Gasteiger partial charge in [0, 0.05) is 11.1 Å². The Hall–Kier alpha value is -1.83. The second-order valence-corrected chi connectivity index (χ2v) is 5.89. The van der Waals surface area contributed by atoms with E-state index in [1.165, 1.54) is 0 Å². The first-order valence-electron chi connectivity index (χ1n) is 6.00. The molecule has 4 nitrogen and oxygen atoms in total. The second-order valence-electron chi connectivity index (χ2n) is 5.45. The molecule has 4 N–H and O–H groups in total. The molecule has 0 aliphatic rings. The maximum absolute atomic E-state index is 12.7. The fourth-order valence-electron chi connectivity index (χ4n) is 1.53. The molecule has 21 heavy (non-hydrogen) atoms. The predicted molar refractivity (Wildman–Crippen MR) is 79.2 cm³/mol. The van der Waals surface area contributed by atoms with Crippen LogP contribution >= 0.6 is 12.2 Å². The zero-order valence-corrected chi connectivity index (χ0v) is 12.6. The fourth-order valence-corrected chi connectivity index (χ4v) is 1.70. The van der Waals surface area contributed by atoms with Crippen LogP contribution < -0.4 is 16.4 Å². The van der Waals surface area contributed by atoms with E-state index in [9.17, 15) is 18.0 Å². The lowest BCUT2D eigenvalue weighted by Crippen LogP contribution is -2.43. The van der Waals surface area contributed by atoms with Crippen molar-refractivity contribution in [3.8, 4) is 0 Å². The van der Waals surface area contributed by atoms with Crippen molar-refractivity contribution in [2.75, 3.05) is 5.32 Å². The van der Waals surface area contributed by atoms with Gasteiger partial charge in [-0.15, -0.1) is 0 Å². The van der Waals surface area contributed by atoms with E-state index in [0.717, 1.165) is 18.2 Å². The number of rotatable bonds is 2. The molecule has 0 unspecified atom stereocenters. The number of carbonyl (C=O) groups excluding carboxylic acids is 1. The van der Waals surface area contributed by atoms with Gasteiger partial charge in [0.2, 0.25) is 0 Å². The Bertz CT molecular complexity index is 565. The highest BCUT2D eigenvalue weighted by Crippen LogP contribution is 2.31. The lowest BCUT2D eigenvalue weighted by molar-refractivity contribution is -0.137. The maximum Gasteiger partial charge on any atom is 0.416 e. The third-order valence-corrected chi connectivity index (χ3v) is 2.57. The van der Waals surface area contributed by atoms with Crippen LogP contribution in [0.25, 0.3) is 0 Å². The second kappa shape index (κ2) is 5.88. The number of hydrogen-bond acceptors (Lipinski definition) is 2. The summed E-state index contributed by atoms with van der Waals surface area (Å²) < 4.78 is 38.0. The molecule has 2 amide bonds. The van der Waals surface area contributed by atoms with Crippen molar-refractivity contribution in [3.63, 3.8) is 0 Å². The lowest BCUT2D eigenvalue weighted by Gasteiger charge is -2.21. The van der Waals surface area contributed by atoms with Crippen molar-refractivity contribution in [3.05, 3.63) is 29.3 Å². The number of amides is 2. The number of thiocarbonyl (C=S) groups is 1. The number of alkyl halides is 3. The number of urea groups is 1. The molecule has 0 saturated carbocycles. The molecule has 0 aliphatic carbocycles. The molecule has 1 rings (SSSR count). The van der Waals surface area contributed by atoms with Crippen molar-refractivity contribution < 1.29 is 18.0 Å². The average molecular weight is 319 g/mol. The summed E-state index contributed by atoms with van der Waals surface area (Å²) in [6.45, 7) is 5.31. The van der Waals surface area contributed by atoms with Gasteiger partial charge in [0.15, 0.2) is 0 Å². The Kier molecular flexibility index (Phi) is 4.83. The smallest absolute Gasteiger partial charge is 0.389 e. The monoisotopic (exact) mass is 319 g/mol. The van der Waals surface area contributed by atoms with E-state index in [4.69, 9.17) is 18.0 Å². The van der Waals surface area contributed by atoms with Gasteiger partial charge >= 0.3 is 12.2 Å². The minimum absolute atomic E-state index is 0.0381. The Balaban J connectivity index is 3.08. The largest absolute Gasteiger partial charge is 0.416 e. The average Bonchev–Trinajstić information content (AvgIpc) is 2.24. The van der Waals surface area contributed by atoms with Crippen LogP contribution in [0.15, 0.2) is 18.2 Å². The summed E-state index contributed by atoms with van der Waals surface area (Å²) in [5, 5.41) is 5.06. The summed E-state index contributed by atoms with van der Waals surface area (Å²) in [5.41, 5.74) is 4.14. The molecule has 0 fully saturated rings. The molecule has 0 aliphatic heterocycles. The first-order chi connectivity index (χ1) is 9.40. The zero-order chi connectivity index (χ0) is 16.4. The third kappa shape index (κ3) is 5.22. The van der Waals surface area contributed by atoms with Gasteiger partial charge in [-0.3, -0.25) is 0 Å². The molecule has 0 radical (unpaired) electrons. The number of anilines is 1. The standard InChI is InChI=1S/C13H16F3N3OS/c1-12(2,3)19-11(20)18-9-5-4-7(13(14,15)16)6-8(9)10(17)21/h4-6H,1-3H3,(H2,17,21)(H2,18,19,20). The zero-order valence-electron chi connectivity index (χ0n) is 11.8. The summed E-state index contributed by atoms with van der Waals surface area (Å²) in [7, 11) is 0. The molecular weight excluding hydrogens is 303 g/mol. The molecular formula is C13H16F3N3OS. The van der Waals surface area contributed by atoms with E-state index in [1.54, 1.807) is 20.8 Å². The topological polar surface area (TPSA) is 67.2 Å². The summed E-state index contributed by atoms with van der Waals surface area (Å²) in [6, 6.07) is 2.24. The van der Waals surface area contributed by atoms with Gasteiger partial charge in [-0.25, -0.2) is 4.79 Å². The summed E-state index contributed by atoms with van der Waals surface area (Å²) in [5.74, 6) is 0. The molecule has 116 valence electrons. The predicted octanol–water partition coefficient (Wildman–Crippen LogP) is 3.26. The molecule has 1 aromatic carbocycles. The van der Waals surface area contributed by atoms with Crippen LogP contribution in [0.4, 0.5) is 23.7 Å². The van der Waals surface area contributed by atoms with Crippen LogP contribution in [0.1, 0.15) is 31.9 Å². The number of nitrogens with one attached hydrogen (secondary N) is 2. The van der Waals surface area contributed by atoms with Crippen molar-refractivity contribution >= 4 is 28.9 Å². The lowest BCUT2D eigenvalue weighted by atomic mass is 10.1. The highest BCUT2D eigenvalue weighted by Gasteiger charge is 2.31. The van der Waals surface area contributed by atoms with Gasteiger partial charge in [0.1, 0.15) is 4.99 Å². The Morgan fingerprint density at radius 2 is 1.81 bits per heavy atom. The number of halogens is 3. The number of hydrogen-bond donors (Lipinski definition) is 3. The number of carbonyl (C=O) groups is 1. The van der Waals surface area contributed by atoms with Crippen LogP contribution in [-0.4, -0.2) is 16.6 Å². The molecule has 0 bridgehead atoms. The molecule has 0 spiro atoms. The minimum Gasteiger partial charge on any atom is -0.389 e. The quantitative estimate of drug-likeness (QED) is 0.733. The Morgan fingerprint density at radius 3 is 2.24 bits per heavy atom. The van der Waals surface area contributed by atoms with Crippen LogP contribution in [-0.2, 0) is 6.18 Å². The fraction of sp³-hybridized carbons (Fsp3) is 0.385. The maximum atomic E-state index is 12.7. The van der Waals surface area contributed by atoms with Crippen molar-refractivity contribution in [2.45, 2.75) is 32.5 Å². The normalized spacial score (nSPS) is 11.9. The number of benzene rings is 1. The highest BCUT2D eigenvalue weighted by atomic mass is 32.1. The molecule has 0 atom stereocenters. The third-order valence-electron chi connectivity index (χ3n) is 2.35. The van der Waals surface area contributed by atoms with Crippen LogP contribution in [0.3, 0.4) is 0 Å². The van der Waals surface area contributed by atoms with Gasteiger partial charge in [0.05, 0.1) is 11.3 Å². The van der Waals surface area contributed by atoms with E-state index in [0.29, 0.717) is 0 Å². The van der Waals surface area contributed by atoms with E-state index in [1.807, 2.05) is 0 Å². The van der Waals surface area contributed by atoms with Gasteiger partial charge < -0.3 is 16.4 Å². The Labute approximate surface area is 125 Å². The van der Waals surface area contributed by atoms with Gasteiger partial charge in [-0.05, 0) is 39.0 Å². The molecule has 8 heteroatoms. The molecule has 0 heterocycles. The van der Waals surface area contributed by atoms with E-state index in [2.05, 4.69) is 10.6 Å². The van der Waals surface area contributed by atoms with Crippen LogP contribution in [0.2, 0.25) is 0 Å². The molecule has 1 aromatic rings. The minimum atomic E-state index is -4.51. The van der Waals surface area contributed by atoms with Gasteiger partial charge in [-0.2, -0.15) is 13.2 Å². The van der Waals surface area contributed by atoms with Gasteiger partial charge in [-0.1, -0.05) is 12.2 Å². The van der Waals surface area contributed by atoms with E-state index >= 15 is 0 Å². The van der Waals surface area contributed by atoms with Crippen molar-refractivity contribution in [2.24, 2.45) is 5.73 Å². The van der Waals surface area contributed by atoms with Crippen molar-refractivity contribution in [1.82, 2.24) is 5.32 Å². The highest BCUT2D eigenvalue weighted by molar-refractivity contribution is 7.80. The van der Waals surface area contributed by atoms with E-state index in [-0.39, 0.29) is 16.2 Å². The first kappa shape index (κ1) is 17.2.